The number of hydrogen-bond acceptors (Lipinski definition) is 4. The third-order valence-corrected chi connectivity index (χ3v) is 4.82. The molecule has 1 heterocycles. The second kappa shape index (κ2) is 8.61. The first kappa shape index (κ1) is 19.4. The van der Waals surface area contributed by atoms with Crippen molar-refractivity contribution in [1.29, 1.82) is 0 Å². The van der Waals surface area contributed by atoms with Gasteiger partial charge in [-0.05, 0) is 54.8 Å². The van der Waals surface area contributed by atoms with E-state index in [9.17, 15) is 9.59 Å². The molecule has 0 atom stereocenters. The summed E-state index contributed by atoms with van der Waals surface area (Å²) in [6.07, 6.45) is 7.19. The normalized spacial score (nSPS) is 13.5. The fourth-order valence-electron chi connectivity index (χ4n) is 3.00. The van der Waals surface area contributed by atoms with Gasteiger partial charge in [0, 0.05) is 35.1 Å². The van der Waals surface area contributed by atoms with Gasteiger partial charge in [-0.25, -0.2) is 0 Å². The summed E-state index contributed by atoms with van der Waals surface area (Å²) in [6, 6.07) is 18.1. The van der Waals surface area contributed by atoms with E-state index in [1.54, 1.807) is 42.7 Å². The monoisotopic (exact) mass is 398 g/mol. The van der Waals surface area contributed by atoms with Gasteiger partial charge in [0.25, 0.3) is 11.8 Å². The zero-order valence-electron chi connectivity index (χ0n) is 16.3. The highest BCUT2D eigenvalue weighted by molar-refractivity contribution is 6.24. The number of nitrogens with one attached hydrogen (secondary N) is 2. The molecule has 1 aliphatic carbocycles. The lowest BCUT2D eigenvalue weighted by Gasteiger charge is -2.10. The number of benzene rings is 2. The van der Waals surface area contributed by atoms with Crippen molar-refractivity contribution in [2.75, 3.05) is 11.1 Å². The molecule has 6 nitrogen and oxygen atoms in total. The first-order valence-electron chi connectivity index (χ1n) is 9.79. The molecule has 30 heavy (non-hydrogen) atoms. The number of hydrogen-bond donors (Lipinski definition) is 3. The summed E-state index contributed by atoms with van der Waals surface area (Å²) in [5.41, 5.74) is 9.57. The van der Waals surface area contributed by atoms with Crippen LogP contribution in [0.3, 0.4) is 0 Å². The minimum atomic E-state index is -0.248. The van der Waals surface area contributed by atoms with Crippen molar-refractivity contribution in [3.8, 4) is 0 Å². The maximum atomic E-state index is 12.7. The third kappa shape index (κ3) is 4.72. The number of nitrogens with zero attached hydrogens (tertiary/aromatic N) is 1. The molecule has 4 rings (SSSR count). The number of pyridine rings is 1. The summed E-state index contributed by atoms with van der Waals surface area (Å²) in [5.74, 6) is -0.366. The van der Waals surface area contributed by atoms with Crippen molar-refractivity contribution in [1.82, 2.24) is 10.3 Å². The van der Waals surface area contributed by atoms with Crippen LogP contribution in [0, 0.1) is 0 Å². The van der Waals surface area contributed by atoms with Gasteiger partial charge in [0.15, 0.2) is 0 Å². The highest BCUT2D eigenvalue weighted by atomic mass is 16.2. The van der Waals surface area contributed by atoms with Gasteiger partial charge in [-0.2, -0.15) is 0 Å². The number of aromatic nitrogens is 1. The van der Waals surface area contributed by atoms with E-state index >= 15 is 0 Å². The third-order valence-electron chi connectivity index (χ3n) is 4.82. The number of para-hydroxylation sites is 2. The van der Waals surface area contributed by atoms with Crippen molar-refractivity contribution in [3.05, 3.63) is 89.7 Å². The molecule has 0 radical (unpaired) electrons. The van der Waals surface area contributed by atoms with Gasteiger partial charge in [-0.15, -0.1) is 0 Å². The van der Waals surface area contributed by atoms with Crippen molar-refractivity contribution in [3.63, 3.8) is 0 Å². The van der Waals surface area contributed by atoms with Gasteiger partial charge in [0.05, 0.1) is 11.4 Å². The predicted octanol–water partition coefficient (Wildman–Crippen LogP) is 3.74. The van der Waals surface area contributed by atoms with Crippen LogP contribution in [-0.4, -0.2) is 22.8 Å². The van der Waals surface area contributed by atoms with Gasteiger partial charge in [0.2, 0.25) is 0 Å². The Morgan fingerprint density at radius 1 is 0.967 bits per heavy atom. The molecule has 2 amide bonds. The van der Waals surface area contributed by atoms with Crippen molar-refractivity contribution in [2.24, 2.45) is 0 Å². The predicted molar refractivity (Wildman–Crippen MR) is 119 cm³/mol. The number of nitrogens with two attached hydrogens (primary N) is 1. The highest BCUT2D eigenvalue weighted by Gasteiger charge is 2.25. The van der Waals surface area contributed by atoms with Crippen LogP contribution in [0.4, 0.5) is 11.4 Å². The SMILES string of the molecule is Nc1ccccc1NC(=O)c1ccc(C=C(C(=O)NC2CC2)c2cccnc2)cc1. The Labute approximate surface area is 174 Å². The Morgan fingerprint density at radius 2 is 1.73 bits per heavy atom. The summed E-state index contributed by atoms with van der Waals surface area (Å²) >= 11 is 0. The zero-order chi connectivity index (χ0) is 20.9. The van der Waals surface area contributed by atoms with Crippen LogP contribution in [0.2, 0.25) is 0 Å². The molecular formula is C24H22N4O2. The van der Waals surface area contributed by atoms with E-state index in [4.69, 9.17) is 5.73 Å². The second-order valence-corrected chi connectivity index (χ2v) is 7.21. The Kier molecular flexibility index (Phi) is 5.57. The van der Waals surface area contributed by atoms with E-state index in [1.807, 2.05) is 36.4 Å². The molecule has 150 valence electrons. The number of carbonyl (C=O) groups is 2. The van der Waals surface area contributed by atoms with Gasteiger partial charge < -0.3 is 16.4 Å². The number of rotatable bonds is 6. The average Bonchev–Trinajstić information content (AvgIpc) is 3.58. The molecule has 1 fully saturated rings. The fourth-order valence-corrected chi connectivity index (χ4v) is 3.00. The van der Waals surface area contributed by atoms with Crippen molar-refractivity contribution >= 4 is 34.8 Å². The Bertz CT molecular complexity index is 1090. The largest absolute Gasteiger partial charge is 0.397 e. The molecule has 1 aromatic heterocycles. The van der Waals surface area contributed by atoms with Crippen LogP contribution in [0.15, 0.2) is 73.1 Å². The standard InChI is InChI=1S/C24H22N4O2/c25-21-5-1-2-6-22(21)28-23(29)17-9-7-16(8-10-17)14-20(18-4-3-13-26-15-18)24(30)27-19-11-12-19/h1-10,13-15,19H,11-12,25H2,(H,27,30)(H,28,29). The van der Waals surface area contributed by atoms with Gasteiger partial charge >= 0.3 is 0 Å². The number of anilines is 2. The molecule has 3 aromatic rings. The minimum Gasteiger partial charge on any atom is -0.397 e. The minimum absolute atomic E-state index is 0.119. The van der Waals surface area contributed by atoms with E-state index in [-0.39, 0.29) is 17.9 Å². The summed E-state index contributed by atoms with van der Waals surface area (Å²) in [6.45, 7) is 0. The molecular weight excluding hydrogens is 376 g/mol. The van der Waals surface area contributed by atoms with Crippen LogP contribution in [0.1, 0.15) is 34.3 Å². The zero-order valence-corrected chi connectivity index (χ0v) is 16.3. The first-order valence-corrected chi connectivity index (χ1v) is 9.79. The van der Waals surface area contributed by atoms with Crippen molar-refractivity contribution in [2.45, 2.75) is 18.9 Å². The summed E-state index contributed by atoms with van der Waals surface area (Å²) in [5, 5.41) is 5.83. The van der Waals surface area contributed by atoms with Crippen LogP contribution < -0.4 is 16.4 Å². The summed E-state index contributed by atoms with van der Waals surface area (Å²) in [4.78, 5) is 29.4. The van der Waals surface area contributed by atoms with E-state index in [0.717, 1.165) is 24.0 Å². The number of amides is 2. The molecule has 1 saturated carbocycles. The van der Waals surface area contributed by atoms with E-state index < -0.39 is 0 Å². The molecule has 0 aliphatic heterocycles. The van der Waals surface area contributed by atoms with Gasteiger partial charge in [-0.3, -0.25) is 14.6 Å². The van der Waals surface area contributed by atoms with Crippen LogP contribution in [0.25, 0.3) is 11.6 Å². The lowest BCUT2D eigenvalue weighted by Crippen LogP contribution is -2.26. The smallest absolute Gasteiger partial charge is 0.255 e. The van der Waals surface area contributed by atoms with Crippen LogP contribution >= 0.6 is 0 Å². The molecule has 0 bridgehead atoms. The lowest BCUT2D eigenvalue weighted by atomic mass is 10.0. The summed E-state index contributed by atoms with van der Waals surface area (Å²) < 4.78 is 0. The molecule has 6 heteroatoms. The lowest BCUT2D eigenvalue weighted by molar-refractivity contribution is -0.115. The molecule has 0 spiro atoms. The van der Waals surface area contributed by atoms with Gasteiger partial charge in [0.1, 0.15) is 0 Å². The molecule has 1 aliphatic rings. The fraction of sp³-hybridized carbons (Fsp3) is 0.125. The Morgan fingerprint density at radius 3 is 2.40 bits per heavy atom. The number of nitrogen functional groups attached to an aromatic ring is 1. The maximum absolute atomic E-state index is 12.7. The quantitative estimate of drug-likeness (QED) is 0.435. The molecule has 2 aromatic carbocycles. The molecule has 0 unspecified atom stereocenters. The van der Waals surface area contributed by atoms with Crippen LogP contribution in [-0.2, 0) is 4.79 Å². The average molecular weight is 398 g/mol. The van der Waals surface area contributed by atoms with E-state index in [0.29, 0.717) is 22.5 Å². The Hall–Kier alpha value is -3.93. The number of carbonyl (C=O) groups excluding carboxylic acids is 2. The Balaban J connectivity index is 1.55. The van der Waals surface area contributed by atoms with Crippen molar-refractivity contribution < 1.29 is 9.59 Å². The van der Waals surface area contributed by atoms with Gasteiger partial charge in [-0.1, -0.05) is 30.3 Å². The van der Waals surface area contributed by atoms with E-state index in [1.165, 1.54) is 0 Å². The van der Waals surface area contributed by atoms with Crippen LogP contribution in [0.5, 0.6) is 0 Å². The molecule has 0 saturated heterocycles. The molecule has 4 N–H and O–H groups in total. The highest BCUT2D eigenvalue weighted by Crippen LogP contribution is 2.23. The first-order chi connectivity index (χ1) is 14.6. The topological polar surface area (TPSA) is 97.1 Å². The maximum Gasteiger partial charge on any atom is 0.255 e. The van der Waals surface area contributed by atoms with E-state index in [2.05, 4.69) is 15.6 Å². The second-order valence-electron chi connectivity index (χ2n) is 7.21. The summed E-state index contributed by atoms with van der Waals surface area (Å²) in [7, 11) is 0.